The van der Waals surface area contributed by atoms with Crippen LogP contribution in [0.5, 0.6) is 0 Å². The minimum atomic E-state index is -3.78. The number of halogens is 2. The molecule has 1 atom stereocenters. The third kappa shape index (κ3) is 4.08. The first-order valence-corrected chi connectivity index (χ1v) is 8.28. The summed E-state index contributed by atoms with van der Waals surface area (Å²) in [6.45, 7) is 0.285. The first-order valence-electron chi connectivity index (χ1n) is 6.08. The quantitative estimate of drug-likeness (QED) is 0.892. The van der Waals surface area contributed by atoms with Gasteiger partial charge in [0.25, 0.3) is 0 Å². The van der Waals surface area contributed by atoms with Crippen LogP contribution in [0.15, 0.2) is 23.1 Å². The molecule has 0 saturated carbocycles. The summed E-state index contributed by atoms with van der Waals surface area (Å²) >= 11 is 11.6. The topological polar surface area (TPSA) is 83.9 Å². The lowest BCUT2D eigenvalue weighted by Crippen LogP contribution is -2.46. The molecule has 1 N–H and O–H groups in total. The van der Waals surface area contributed by atoms with Crippen LogP contribution in [0.3, 0.4) is 0 Å². The molecule has 0 aliphatic carbocycles. The lowest BCUT2D eigenvalue weighted by molar-refractivity contribution is -0.141. The van der Waals surface area contributed by atoms with Gasteiger partial charge in [-0.25, -0.2) is 8.42 Å². The number of carboxylic acids is 1. The lowest BCUT2D eigenvalue weighted by Gasteiger charge is -2.31. The van der Waals surface area contributed by atoms with Crippen molar-refractivity contribution in [2.45, 2.75) is 17.4 Å². The predicted octanol–water partition coefficient (Wildman–Crippen LogP) is 1.86. The van der Waals surface area contributed by atoms with E-state index in [1.54, 1.807) is 0 Å². The molecule has 0 aromatic heterocycles. The number of ether oxygens (including phenoxy) is 1. The number of nitrogens with zero attached hydrogens (tertiary/aromatic N) is 1. The Bertz CT molecular complexity index is 629. The number of aliphatic carboxylic acids is 1. The van der Waals surface area contributed by atoms with Crippen LogP contribution in [0.25, 0.3) is 0 Å². The largest absolute Gasteiger partial charge is 0.481 e. The Balaban J connectivity index is 2.24. The van der Waals surface area contributed by atoms with Crippen LogP contribution < -0.4 is 0 Å². The van der Waals surface area contributed by atoms with Crippen molar-refractivity contribution >= 4 is 39.2 Å². The van der Waals surface area contributed by atoms with Gasteiger partial charge >= 0.3 is 5.97 Å². The minimum absolute atomic E-state index is 0.0151. The normalized spacial score (nSPS) is 20.4. The summed E-state index contributed by atoms with van der Waals surface area (Å²) in [5, 5.41) is 9.20. The zero-order chi connectivity index (χ0) is 15.6. The Kier molecular flexibility index (Phi) is 5.11. The fourth-order valence-electron chi connectivity index (χ4n) is 2.06. The Morgan fingerprint density at radius 1 is 1.33 bits per heavy atom. The molecule has 0 amide bonds. The van der Waals surface area contributed by atoms with Gasteiger partial charge in [0.05, 0.1) is 24.0 Å². The standard InChI is InChI=1S/C12H13Cl2NO5S/c13-8-3-9(14)5-11(4-8)21(18,19)15-1-2-20-10(7-15)6-12(16)17/h3-5,10H,1-2,6-7H2,(H,16,17). The molecule has 0 radical (unpaired) electrons. The van der Waals surface area contributed by atoms with Crippen molar-refractivity contribution in [3.63, 3.8) is 0 Å². The van der Waals surface area contributed by atoms with Crippen molar-refractivity contribution in [1.82, 2.24) is 4.31 Å². The molecule has 1 fully saturated rings. The van der Waals surface area contributed by atoms with Gasteiger partial charge in [-0.3, -0.25) is 4.79 Å². The molecule has 2 rings (SSSR count). The molecule has 1 aliphatic rings. The molecule has 0 bridgehead atoms. The van der Waals surface area contributed by atoms with E-state index >= 15 is 0 Å². The highest BCUT2D eigenvalue weighted by Crippen LogP contribution is 2.26. The summed E-state index contributed by atoms with van der Waals surface area (Å²) in [6, 6.07) is 4.06. The van der Waals surface area contributed by atoms with Gasteiger partial charge in [-0.2, -0.15) is 4.31 Å². The minimum Gasteiger partial charge on any atom is -0.481 e. The highest BCUT2D eigenvalue weighted by molar-refractivity contribution is 7.89. The van der Waals surface area contributed by atoms with Gasteiger partial charge in [0.2, 0.25) is 10.0 Å². The average molecular weight is 354 g/mol. The zero-order valence-electron chi connectivity index (χ0n) is 10.8. The van der Waals surface area contributed by atoms with Crippen LogP contribution in [-0.4, -0.2) is 49.6 Å². The fraction of sp³-hybridized carbons (Fsp3) is 0.417. The number of hydrogen-bond acceptors (Lipinski definition) is 4. The van der Waals surface area contributed by atoms with Crippen LogP contribution in [0.2, 0.25) is 10.0 Å². The van der Waals surface area contributed by atoms with Gasteiger partial charge in [0.15, 0.2) is 0 Å². The first kappa shape index (κ1) is 16.5. The number of carboxylic acid groups (broad SMARTS) is 1. The monoisotopic (exact) mass is 353 g/mol. The van der Waals surface area contributed by atoms with Crippen molar-refractivity contribution < 1.29 is 23.1 Å². The number of carbonyl (C=O) groups is 1. The Morgan fingerprint density at radius 2 is 1.95 bits per heavy atom. The molecular formula is C12H13Cl2NO5S. The average Bonchev–Trinajstić information content (AvgIpc) is 2.37. The number of benzene rings is 1. The second-order valence-electron chi connectivity index (χ2n) is 4.56. The highest BCUT2D eigenvalue weighted by Gasteiger charge is 2.32. The first-order chi connectivity index (χ1) is 9.79. The summed E-state index contributed by atoms with van der Waals surface area (Å²) in [5.74, 6) is -1.04. The molecule has 0 spiro atoms. The van der Waals surface area contributed by atoms with E-state index in [0.29, 0.717) is 0 Å². The van der Waals surface area contributed by atoms with E-state index in [-0.39, 0.29) is 41.1 Å². The number of rotatable bonds is 4. The molecule has 1 saturated heterocycles. The van der Waals surface area contributed by atoms with Gasteiger partial charge in [-0.15, -0.1) is 0 Å². The van der Waals surface area contributed by atoms with Crippen molar-refractivity contribution in [2.24, 2.45) is 0 Å². The van der Waals surface area contributed by atoms with E-state index in [0.717, 1.165) is 0 Å². The van der Waals surface area contributed by atoms with Crippen LogP contribution >= 0.6 is 23.2 Å². The maximum Gasteiger partial charge on any atom is 0.306 e. The van der Waals surface area contributed by atoms with Crippen molar-refractivity contribution in [3.8, 4) is 0 Å². The molecule has 1 unspecified atom stereocenters. The molecule has 6 nitrogen and oxygen atoms in total. The third-order valence-electron chi connectivity index (χ3n) is 2.98. The zero-order valence-corrected chi connectivity index (χ0v) is 13.2. The Morgan fingerprint density at radius 3 is 2.52 bits per heavy atom. The van der Waals surface area contributed by atoms with Crippen molar-refractivity contribution in [3.05, 3.63) is 28.2 Å². The van der Waals surface area contributed by atoms with Crippen LogP contribution in [0.4, 0.5) is 0 Å². The Hall–Kier alpha value is -0.860. The smallest absolute Gasteiger partial charge is 0.306 e. The molecule has 116 valence electrons. The second-order valence-corrected chi connectivity index (χ2v) is 7.37. The molecule has 1 aliphatic heterocycles. The third-order valence-corrected chi connectivity index (χ3v) is 5.26. The fourth-order valence-corrected chi connectivity index (χ4v) is 4.24. The summed E-state index contributed by atoms with van der Waals surface area (Å²) in [5.41, 5.74) is 0. The predicted molar refractivity (Wildman–Crippen MR) is 77.2 cm³/mol. The van der Waals surface area contributed by atoms with Crippen LogP contribution in [-0.2, 0) is 19.6 Å². The van der Waals surface area contributed by atoms with E-state index in [1.807, 2.05) is 0 Å². The second kappa shape index (κ2) is 6.50. The summed E-state index contributed by atoms with van der Waals surface area (Å²) in [6.07, 6.45) is -0.914. The summed E-state index contributed by atoms with van der Waals surface area (Å²) < 4.78 is 31.5. The summed E-state index contributed by atoms with van der Waals surface area (Å²) in [4.78, 5) is 10.7. The van der Waals surface area contributed by atoms with E-state index in [4.69, 9.17) is 33.0 Å². The lowest BCUT2D eigenvalue weighted by atomic mass is 10.2. The van der Waals surface area contributed by atoms with Gasteiger partial charge in [0.1, 0.15) is 0 Å². The SMILES string of the molecule is O=C(O)CC1CN(S(=O)(=O)c2cc(Cl)cc(Cl)c2)CCO1. The molecule has 9 heteroatoms. The number of hydrogen-bond donors (Lipinski definition) is 1. The van der Waals surface area contributed by atoms with Crippen molar-refractivity contribution in [2.75, 3.05) is 19.7 Å². The van der Waals surface area contributed by atoms with E-state index < -0.39 is 22.1 Å². The van der Waals surface area contributed by atoms with Gasteiger partial charge in [-0.1, -0.05) is 23.2 Å². The highest BCUT2D eigenvalue weighted by atomic mass is 35.5. The number of morpholine rings is 1. The molecule has 21 heavy (non-hydrogen) atoms. The van der Waals surface area contributed by atoms with Gasteiger partial charge < -0.3 is 9.84 Å². The van der Waals surface area contributed by atoms with E-state index in [9.17, 15) is 13.2 Å². The molecule has 1 heterocycles. The van der Waals surface area contributed by atoms with Crippen molar-refractivity contribution in [1.29, 1.82) is 0 Å². The van der Waals surface area contributed by atoms with Gasteiger partial charge in [-0.05, 0) is 18.2 Å². The van der Waals surface area contributed by atoms with Gasteiger partial charge in [0, 0.05) is 23.1 Å². The molecule has 1 aromatic carbocycles. The summed E-state index contributed by atoms with van der Waals surface area (Å²) in [7, 11) is -3.78. The maximum atomic E-state index is 12.5. The maximum absolute atomic E-state index is 12.5. The Labute approximate surface area is 132 Å². The molecule has 1 aromatic rings. The van der Waals surface area contributed by atoms with Crippen LogP contribution in [0, 0.1) is 0 Å². The molecular weight excluding hydrogens is 341 g/mol. The van der Waals surface area contributed by atoms with E-state index in [2.05, 4.69) is 0 Å². The van der Waals surface area contributed by atoms with Crippen LogP contribution in [0.1, 0.15) is 6.42 Å². The number of sulfonamides is 1. The van der Waals surface area contributed by atoms with E-state index in [1.165, 1.54) is 22.5 Å².